The summed E-state index contributed by atoms with van der Waals surface area (Å²) < 4.78 is 22.2. The summed E-state index contributed by atoms with van der Waals surface area (Å²) in [5.74, 6) is -0.856. The van der Waals surface area contributed by atoms with E-state index < -0.39 is 80.5 Å². The van der Waals surface area contributed by atoms with Crippen LogP contribution in [0.3, 0.4) is 0 Å². The zero-order valence-corrected chi connectivity index (χ0v) is 29.0. The number of hydrogen-bond acceptors (Lipinski definition) is 14. The number of nitrogens with zero attached hydrogens (tertiary/aromatic N) is 1. The quantitative estimate of drug-likeness (QED) is 0.0846. The first-order valence-electron chi connectivity index (χ1n) is 16.3. The summed E-state index contributed by atoms with van der Waals surface area (Å²) in [6.07, 6.45) is -11.2. The van der Waals surface area contributed by atoms with Crippen molar-refractivity contribution in [1.29, 1.82) is 0 Å². The third-order valence-corrected chi connectivity index (χ3v) is 10.5. The van der Waals surface area contributed by atoms with Gasteiger partial charge in [-0.05, 0) is 19.4 Å². The fourth-order valence-corrected chi connectivity index (χ4v) is 7.39. The number of carbonyl (C=O) groups excluding carboxylic acids is 1. The van der Waals surface area contributed by atoms with Crippen LogP contribution in [0.5, 0.6) is 0 Å². The number of esters is 1. The van der Waals surface area contributed by atoms with E-state index in [0.29, 0.717) is 18.1 Å². The van der Waals surface area contributed by atoms with Crippen LogP contribution in [0.2, 0.25) is 0 Å². The smallest absolute Gasteiger partial charge is 0.316 e. The summed E-state index contributed by atoms with van der Waals surface area (Å²) in [7, 11) is 2.37. The molecule has 276 valence electrons. The van der Waals surface area contributed by atoms with E-state index in [4.69, 9.17) is 24.1 Å². The number of aliphatic hydroxyl groups is 9. The minimum absolute atomic E-state index is 0. The lowest BCUT2D eigenvalue weighted by atomic mass is 9.94. The van der Waals surface area contributed by atoms with Crippen LogP contribution in [0.15, 0.2) is 30.3 Å². The van der Waals surface area contributed by atoms with Gasteiger partial charge in [0.1, 0.15) is 60.9 Å². The second kappa shape index (κ2) is 17.7. The first kappa shape index (κ1) is 41.1. The van der Waals surface area contributed by atoms with Gasteiger partial charge in [-0.2, -0.15) is 0 Å². The van der Waals surface area contributed by atoms with E-state index in [9.17, 15) is 45.6 Å². The van der Waals surface area contributed by atoms with Crippen LogP contribution >= 0.6 is 0 Å². The highest BCUT2D eigenvalue weighted by Crippen LogP contribution is 2.44. The highest BCUT2D eigenvalue weighted by molar-refractivity contribution is 5.78. The maximum Gasteiger partial charge on any atom is 0.316 e. The lowest BCUT2D eigenvalue weighted by molar-refractivity contribution is -0.968. The Hall–Kier alpha value is -1.35. The molecular formula is C32H52BrNO14. The number of rotatable bonds is 9. The van der Waals surface area contributed by atoms with Crippen molar-refractivity contribution in [3.8, 4) is 0 Å². The molecule has 5 rings (SSSR count). The van der Waals surface area contributed by atoms with Gasteiger partial charge in [-0.25, -0.2) is 0 Å². The topological polar surface area (TPSA) is 236 Å². The number of hydrogen-bond donors (Lipinski definition) is 9. The highest BCUT2D eigenvalue weighted by Gasteiger charge is 2.54. The minimum atomic E-state index is -1.74. The molecule has 3 unspecified atom stereocenters. The van der Waals surface area contributed by atoms with E-state index >= 15 is 0 Å². The van der Waals surface area contributed by atoms with Crippen molar-refractivity contribution in [3.05, 3.63) is 35.9 Å². The number of halogens is 1. The molecule has 1 aromatic rings. The van der Waals surface area contributed by atoms with Crippen LogP contribution in [-0.4, -0.2) is 169 Å². The first-order valence-corrected chi connectivity index (χ1v) is 16.3. The lowest BCUT2D eigenvalue weighted by Crippen LogP contribution is -3.00. The molecule has 4 heterocycles. The number of benzene rings is 1. The Morgan fingerprint density at radius 1 is 0.833 bits per heavy atom. The fraction of sp³-hybridized carbons (Fsp3) is 0.781. The van der Waals surface area contributed by atoms with E-state index in [2.05, 4.69) is 20.9 Å². The first-order chi connectivity index (χ1) is 22.3. The van der Waals surface area contributed by atoms with Gasteiger partial charge in [0, 0.05) is 25.7 Å². The number of fused-ring (bicyclic) bond motifs is 2. The van der Waals surface area contributed by atoms with Crippen molar-refractivity contribution < 1.29 is 91.2 Å². The summed E-state index contributed by atoms with van der Waals surface area (Å²) in [6, 6.07) is 11.2. The minimum Gasteiger partial charge on any atom is -1.00 e. The highest BCUT2D eigenvalue weighted by atomic mass is 79.9. The fourth-order valence-electron chi connectivity index (χ4n) is 7.39. The molecule has 9 N–H and O–H groups in total. The van der Waals surface area contributed by atoms with Crippen molar-refractivity contribution in [2.75, 3.05) is 26.9 Å². The van der Waals surface area contributed by atoms with Crippen molar-refractivity contribution >= 4 is 5.97 Å². The predicted octanol–water partition coefficient (Wildman–Crippen LogP) is -5.54. The van der Waals surface area contributed by atoms with Crippen LogP contribution < -0.4 is 17.0 Å². The SMILES string of the molecule is CC(C)[N+]1(C)C2CCC1CC(OC(=O)C(CO)c1ccccc1)C2.OC[C@H]1O[C@@H](O[C@H]2[C@H](O)[C@@H](O)[C@H](O)O[C@@H]2CO)[C@H](O)[C@@H](O)[C@@H]1O.[Br-]. The van der Waals surface area contributed by atoms with E-state index in [1.165, 1.54) is 12.8 Å². The summed E-state index contributed by atoms with van der Waals surface area (Å²) in [5, 5.41) is 86.1. The molecule has 4 aliphatic rings. The Morgan fingerprint density at radius 2 is 1.42 bits per heavy atom. The average molecular weight is 755 g/mol. The summed E-state index contributed by atoms with van der Waals surface area (Å²) in [6.45, 7) is 3.05. The van der Waals surface area contributed by atoms with Crippen LogP contribution in [0, 0.1) is 0 Å². The third kappa shape index (κ3) is 8.57. The van der Waals surface area contributed by atoms with Crippen LogP contribution in [-0.2, 0) is 23.7 Å². The Balaban J connectivity index is 0.000000255. The zero-order chi connectivity index (χ0) is 34.6. The Labute approximate surface area is 290 Å². The van der Waals surface area contributed by atoms with Gasteiger partial charge >= 0.3 is 5.97 Å². The Bertz CT molecular complexity index is 1120. The molecule has 4 saturated heterocycles. The second-order valence-electron chi connectivity index (χ2n) is 13.4. The van der Waals surface area contributed by atoms with Crippen molar-refractivity contribution in [3.63, 3.8) is 0 Å². The van der Waals surface area contributed by atoms with Crippen LogP contribution in [0.4, 0.5) is 0 Å². The largest absolute Gasteiger partial charge is 1.00 e. The maximum atomic E-state index is 12.6. The number of piperidine rings is 1. The molecule has 48 heavy (non-hydrogen) atoms. The Morgan fingerprint density at radius 3 is 1.94 bits per heavy atom. The summed E-state index contributed by atoms with van der Waals surface area (Å²) >= 11 is 0. The molecule has 0 amide bonds. The van der Waals surface area contributed by atoms with Crippen LogP contribution in [0.1, 0.15) is 51.0 Å². The standard InChI is InChI=1S/C20H30NO3.C12H22O11.BrH/c1-14(2)21(3)16-9-10-17(21)12-18(11-16)24-20(23)19(13-22)15-7-5-4-6-8-15;13-1-3-5(15)6(16)9(19)12(22-3)23-10-4(2-14)21-11(20)8(18)7(10)17;/h4-8,14,16-19,22H,9-13H2,1-3H3;3-20H,1-2H2;1H/q+1;;/p-1/t;3-,4-,5-,6+,7-,8-,9-,10-,11-,12+;/m.1./s1. The van der Waals surface area contributed by atoms with Gasteiger partial charge in [-0.3, -0.25) is 4.79 Å². The molecule has 0 saturated carbocycles. The molecule has 1 aromatic carbocycles. The molecule has 0 radical (unpaired) electrons. The van der Waals surface area contributed by atoms with Crippen molar-refractivity contribution in [1.82, 2.24) is 0 Å². The molecule has 16 heteroatoms. The molecule has 2 bridgehead atoms. The van der Waals surface area contributed by atoms with Gasteiger partial charge in [0.15, 0.2) is 12.6 Å². The van der Waals surface area contributed by atoms with Gasteiger partial charge in [0.2, 0.25) is 0 Å². The van der Waals surface area contributed by atoms with Crippen molar-refractivity contribution in [2.45, 2.75) is 131 Å². The number of ether oxygens (including phenoxy) is 4. The summed E-state index contributed by atoms with van der Waals surface area (Å²) in [5.41, 5.74) is 0.826. The van der Waals surface area contributed by atoms with E-state index in [-0.39, 0.29) is 35.7 Å². The summed E-state index contributed by atoms with van der Waals surface area (Å²) in [4.78, 5) is 12.6. The maximum absolute atomic E-state index is 12.6. The number of quaternary nitrogens is 1. The molecule has 13 atom stereocenters. The average Bonchev–Trinajstić information content (AvgIpc) is 3.21. The molecule has 4 fully saturated rings. The molecule has 15 nitrogen and oxygen atoms in total. The van der Waals surface area contributed by atoms with Gasteiger partial charge in [-0.15, -0.1) is 0 Å². The van der Waals surface area contributed by atoms with E-state index in [1.807, 2.05) is 30.3 Å². The van der Waals surface area contributed by atoms with Gasteiger partial charge < -0.3 is 86.4 Å². The van der Waals surface area contributed by atoms with Gasteiger partial charge in [-0.1, -0.05) is 30.3 Å². The van der Waals surface area contributed by atoms with Gasteiger partial charge in [0.05, 0.1) is 45.0 Å². The zero-order valence-electron chi connectivity index (χ0n) is 27.4. The molecular weight excluding hydrogens is 702 g/mol. The molecule has 0 aromatic heterocycles. The normalized spacial score (nSPS) is 41.5. The number of carbonyl (C=O) groups is 1. The van der Waals surface area contributed by atoms with Crippen LogP contribution in [0.25, 0.3) is 0 Å². The van der Waals surface area contributed by atoms with E-state index in [1.54, 1.807) is 0 Å². The second-order valence-corrected chi connectivity index (χ2v) is 13.4. The van der Waals surface area contributed by atoms with Gasteiger partial charge in [0.25, 0.3) is 0 Å². The monoisotopic (exact) mass is 753 g/mol. The predicted molar refractivity (Wildman–Crippen MR) is 162 cm³/mol. The van der Waals surface area contributed by atoms with E-state index in [0.717, 1.165) is 22.9 Å². The molecule has 0 aliphatic carbocycles. The number of aliphatic hydroxyl groups excluding tert-OH is 9. The lowest BCUT2D eigenvalue weighted by Gasteiger charge is -2.49. The van der Waals surface area contributed by atoms with Crippen molar-refractivity contribution in [2.24, 2.45) is 0 Å². The molecule has 0 spiro atoms. The Kier molecular flexibility index (Phi) is 15.2. The third-order valence-electron chi connectivity index (χ3n) is 10.5. The molecule has 4 aliphatic heterocycles.